The zero-order valence-electron chi connectivity index (χ0n) is 21.5. The molecule has 7 rings (SSSR count). The van der Waals surface area contributed by atoms with Gasteiger partial charge in [0.2, 0.25) is 0 Å². The number of H-pyrrole nitrogens is 1. The topological polar surface area (TPSA) is 61.4 Å². The number of allylic oxidation sites excluding steroid dienone is 1. The molecule has 4 fully saturated rings. The van der Waals surface area contributed by atoms with E-state index in [1.54, 1.807) is 16.2 Å². The van der Waals surface area contributed by atoms with Crippen molar-refractivity contribution < 1.29 is 9.94 Å². The van der Waals surface area contributed by atoms with E-state index >= 15 is 0 Å². The third kappa shape index (κ3) is 2.93. The Morgan fingerprint density at radius 2 is 2.03 bits per heavy atom. The molecule has 2 saturated carbocycles. The average molecular weight is 466 g/mol. The maximum absolute atomic E-state index is 10.8. The number of nitrogens with one attached hydrogen (secondary N) is 1. The van der Waals surface area contributed by atoms with Crippen LogP contribution in [0.3, 0.4) is 0 Å². The van der Waals surface area contributed by atoms with Gasteiger partial charge in [-0.3, -0.25) is 5.10 Å². The lowest BCUT2D eigenvalue weighted by molar-refractivity contribution is -0.178. The fourth-order valence-electron chi connectivity index (χ4n) is 10.2. The highest BCUT2D eigenvalue weighted by atomic mass is 16.5. The van der Waals surface area contributed by atoms with Crippen LogP contribution in [0.1, 0.15) is 83.9 Å². The molecule has 5 nitrogen and oxygen atoms in total. The number of fused-ring (bicyclic) bond motifs is 7. The molecule has 4 aliphatic carbocycles. The smallest absolute Gasteiger partial charge is 0.0768 e. The summed E-state index contributed by atoms with van der Waals surface area (Å²) in [6.45, 7) is 10.5. The molecule has 0 unspecified atom stereocenters. The quantitative estimate of drug-likeness (QED) is 0.493. The van der Waals surface area contributed by atoms with Gasteiger partial charge in [-0.2, -0.15) is 10.2 Å². The van der Waals surface area contributed by atoms with Gasteiger partial charge in [-0.15, -0.1) is 0 Å². The second-order valence-corrected chi connectivity index (χ2v) is 13.6. The molecular weight excluding hydrogens is 422 g/mol. The summed E-state index contributed by atoms with van der Waals surface area (Å²) in [6, 6.07) is 0.167. The van der Waals surface area contributed by atoms with Crippen LogP contribution in [0.2, 0.25) is 0 Å². The molecule has 1 aromatic heterocycles. The standard InChI is InChI=1S/C29H43N3O2/c1-16-9-26-27(32(33)15-16)18(3)29(34-26)8-7-21-22-6-5-20-10-25-19(14-30-31-25)13-28(20,4)24(22)11-23(21)17(2)12-29/h14,16,18,20-22,24,26-27,33H,5-13,15H2,1-4H3,(H,30,31)/t16-,18+,20+,21-,22-,24-,26+,27-,28-,29-/m0/s1. The van der Waals surface area contributed by atoms with Gasteiger partial charge in [-0.1, -0.05) is 31.9 Å². The summed E-state index contributed by atoms with van der Waals surface area (Å²) in [4.78, 5) is 0. The highest BCUT2D eigenvalue weighted by Crippen LogP contribution is 2.64. The Kier molecular flexibility index (Phi) is 4.82. The second-order valence-electron chi connectivity index (χ2n) is 13.6. The first-order chi connectivity index (χ1) is 16.3. The van der Waals surface area contributed by atoms with Crippen LogP contribution >= 0.6 is 0 Å². The molecular formula is C29H43N3O2. The van der Waals surface area contributed by atoms with Crippen LogP contribution in [0.4, 0.5) is 0 Å². The number of rotatable bonds is 0. The van der Waals surface area contributed by atoms with Gasteiger partial charge >= 0.3 is 0 Å². The molecule has 6 aliphatic rings. The number of piperidine rings is 1. The molecule has 186 valence electrons. The molecule has 2 saturated heterocycles. The lowest BCUT2D eigenvalue weighted by Crippen LogP contribution is -2.50. The molecule has 1 spiro atoms. The second kappa shape index (κ2) is 7.43. The van der Waals surface area contributed by atoms with Gasteiger partial charge in [-0.25, -0.2) is 0 Å². The molecule has 1 aromatic rings. The molecule has 2 N–H and O–H groups in total. The van der Waals surface area contributed by atoms with Crippen LogP contribution in [0, 0.1) is 40.9 Å². The Hall–Kier alpha value is -1.17. The zero-order valence-corrected chi connectivity index (χ0v) is 21.5. The normalized spacial score (nSPS) is 50.4. The fraction of sp³-hybridized carbons (Fsp3) is 0.828. The van der Waals surface area contributed by atoms with Crippen LogP contribution in [-0.4, -0.2) is 44.8 Å². The molecule has 0 amide bonds. The van der Waals surface area contributed by atoms with Crippen molar-refractivity contribution in [3.05, 3.63) is 28.6 Å². The number of hydroxylamine groups is 2. The first-order valence-corrected chi connectivity index (χ1v) is 14.1. The number of hydrogen-bond donors (Lipinski definition) is 2. The number of hydrogen-bond acceptors (Lipinski definition) is 4. The van der Waals surface area contributed by atoms with Gasteiger partial charge in [-0.05, 0) is 105 Å². The Morgan fingerprint density at radius 3 is 2.88 bits per heavy atom. The molecule has 34 heavy (non-hydrogen) atoms. The van der Waals surface area contributed by atoms with Crippen molar-refractivity contribution in [3.8, 4) is 0 Å². The van der Waals surface area contributed by atoms with E-state index in [9.17, 15) is 5.21 Å². The lowest BCUT2D eigenvalue weighted by atomic mass is 9.52. The minimum Gasteiger partial charge on any atom is -0.369 e. The van der Waals surface area contributed by atoms with Crippen molar-refractivity contribution in [1.82, 2.24) is 15.3 Å². The van der Waals surface area contributed by atoms with E-state index in [0.717, 1.165) is 49.5 Å². The van der Waals surface area contributed by atoms with Gasteiger partial charge in [0.25, 0.3) is 0 Å². The Balaban J connectivity index is 1.19. The Bertz CT molecular complexity index is 1020. The van der Waals surface area contributed by atoms with Crippen molar-refractivity contribution in [2.75, 3.05) is 6.54 Å². The zero-order chi connectivity index (χ0) is 23.4. The molecule has 3 heterocycles. The third-order valence-electron chi connectivity index (χ3n) is 12.0. The van der Waals surface area contributed by atoms with E-state index in [0.29, 0.717) is 17.3 Å². The highest BCUT2D eigenvalue weighted by molar-refractivity contribution is 5.32. The molecule has 5 heteroatoms. The maximum atomic E-state index is 10.8. The van der Waals surface area contributed by atoms with E-state index < -0.39 is 0 Å². The highest BCUT2D eigenvalue weighted by Gasteiger charge is 2.60. The molecule has 10 atom stereocenters. The van der Waals surface area contributed by atoms with Crippen molar-refractivity contribution in [1.29, 1.82) is 0 Å². The summed E-state index contributed by atoms with van der Waals surface area (Å²) in [5, 5.41) is 20.1. The molecule has 2 aliphatic heterocycles. The van der Waals surface area contributed by atoms with Crippen LogP contribution in [0.5, 0.6) is 0 Å². The van der Waals surface area contributed by atoms with Gasteiger partial charge in [0.15, 0.2) is 0 Å². The Morgan fingerprint density at radius 1 is 1.18 bits per heavy atom. The largest absolute Gasteiger partial charge is 0.369 e. The number of aromatic nitrogens is 2. The van der Waals surface area contributed by atoms with E-state index in [1.807, 2.05) is 0 Å². The van der Waals surface area contributed by atoms with Gasteiger partial charge in [0.05, 0.1) is 23.9 Å². The van der Waals surface area contributed by atoms with Gasteiger partial charge < -0.3 is 9.94 Å². The average Bonchev–Trinajstić information content (AvgIpc) is 3.42. The lowest BCUT2D eigenvalue weighted by Gasteiger charge is -2.52. The minimum absolute atomic E-state index is 0.0884. The predicted octanol–water partition coefficient (Wildman–Crippen LogP) is 5.55. The SMILES string of the molecule is CC1=C2C[C@H]3[C@@H](CC[C@@H]4Cc5[nH]ncc5C[C@@]43C)[C@@H]2CC[C@@]2(C1)O[C@@H]1C[C@H](C)CN(O)[C@H]1[C@H]2C. The summed E-state index contributed by atoms with van der Waals surface area (Å²) >= 11 is 0. The first-order valence-electron chi connectivity index (χ1n) is 14.1. The first kappa shape index (κ1) is 22.1. The van der Waals surface area contributed by atoms with Crippen LogP contribution in [0.15, 0.2) is 17.3 Å². The van der Waals surface area contributed by atoms with Crippen molar-refractivity contribution >= 4 is 0 Å². The predicted molar refractivity (Wildman–Crippen MR) is 131 cm³/mol. The van der Waals surface area contributed by atoms with Crippen molar-refractivity contribution in [2.45, 2.75) is 103 Å². The summed E-state index contributed by atoms with van der Waals surface area (Å²) in [7, 11) is 0. The van der Waals surface area contributed by atoms with Gasteiger partial charge in [0, 0.05) is 18.2 Å². The number of aromatic amines is 1. The summed E-state index contributed by atoms with van der Waals surface area (Å²) in [5.41, 5.74) is 6.64. The van der Waals surface area contributed by atoms with Crippen LogP contribution < -0.4 is 0 Å². The summed E-state index contributed by atoms with van der Waals surface area (Å²) in [5.74, 6) is 4.08. The van der Waals surface area contributed by atoms with Crippen molar-refractivity contribution in [2.24, 2.45) is 40.9 Å². The fourth-order valence-corrected chi connectivity index (χ4v) is 10.2. The molecule has 0 radical (unpaired) electrons. The van der Waals surface area contributed by atoms with E-state index in [1.165, 1.54) is 49.8 Å². The maximum Gasteiger partial charge on any atom is 0.0768 e. The van der Waals surface area contributed by atoms with E-state index in [-0.39, 0.29) is 17.7 Å². The van der Waals surface area contributed by atoms with Gasteiger partial charge in [0.1, 0.15) is 0 Å². The number of ether oxygens (including phenoxy) is 1. The number of nitrogens with zero attached hydrogens (tertiary/aromatic N) is 2. The Labute approximate surface area is 204 Å². The minimum atomic E-state index is -0.0884. The summed E-state index contributed by atoms with van der Waals surface area (Å²) < 4.78 is 6.99. The van der Waals surface area contributed by atoms with E-state index in [2.05, 4.69) is 44.1 Å². The van der Waals surface area contributed by atoms with Crippen LogP contribution in [0.25, 0.3) is 0 Å². The van der Waals surface area contributed by atoms with Crippen molar-refractivity contribution in [3.63, 3.8) is 0 Å². The molecule has 0 aromatic carbocycles. The van der Waals surface area contributed by atoms with E-state index in [4.69, 9.17) is 4.74 Å². The van der Waals surface area contributed by atoms with Crippen LogP contribution in [-0.2, 0) is 17.6 Å². The third-order valence-corrected chi connectivity index (χ3v) is 12.0. The monoisotopic (exact) mass is 465 g/mol. The summed E-state index contributed by atoms with van der Waals surface area (Å²) in [6.07, 6.45) is 13.4. The molecule has 0 bridgehead atoms.